The number of rotatable bonds is 4. The fraction of sp³-hybridized carbons (Fsp3) is 0.667. The molecule has 58 valence electrons. The predicted molar refractivity (Wildman–Crippen MR) is 35.1 cm³/mol. The molecule has 0 saturated heterocycles. The summed E-state index contributed by atoms with van der Waals surface area (Å²) < 4.78 is 0. The molecule has 0 heterocycles. The summed E-state index contributed by atoms with van der Waals surface area (Å²) in [4.78, 5) is 25.2. The van der Waals surface area contributed by atoms with E-state index in [0.717, 1.165) is 5.06 Å². The third-order valence-corrected chi connectivity index (χ3v) is 1.10. The second-order valence-electron chi connectivity index (χ2n) is 1.78. The van der Waals surface area contributed by atoms with Crippen molar-refractivity contribution in [3.63, 3.8) is 0 Å². The van der Waals surface area contributed by atoms with Crippen LogP contribution >= 0.6 is 0 Å². The van der Waals surface area contributed by atoms with Crippen molar-refractivity contribution in [2.75, 3.05) is 14.2 Å². The summed E-state index contributed by atoms with van der Waals surface area (Å²) in [5.74, 6) is -0.186. The topological polar surface area (TPSA) is 46.6 Å². The summed E-state index contributed by atoms with van der Waals surface area (Å²) >= 11 is 0. The molecular formula is C6H11NO3. The van der Waals surface area contributed by atoms with E-state index in [4.69, 9.17) is 0 Å². The quantitative estimate of drug-likeness (QED) is 0.412. The van der Waals surface area contributed by atoms with Gasteiger partial charge in [-0.15, -0.1) is 0 Å². The van der Waals surface area contributed by atoms with Gasteiger partial charge in [0.25, 0.3) is 0 Å². The molecule has 0 spiro atoms. The molecule has 0 aromatic heterocycles. The molecule has 0 atom stereocenters. The number of carbonyl (C=O) groups is 2. The van der Waals surface area contributed by atoms with Gasteiger partial charge in [-0.25, -0.2) is 5.06 Å². The van der Waals surface area contributed by atoms with Crippen molar-refractivity contribution < 1.29 is 14.4 Å². The Balaban J connectivity index is 3.51. The molecule has 0 aromatic rings. The second-order valence-corrected chi connectivity index (χ2v) is 1.78. The van der Waals surface area contributed by atoms with E-state index in [1.54, 1.807) is 0 Å². The molecule has 0 saturated carbocycles. The third kappa shape index (κ3) is 3.19. The molecule has 0 radical (unpaired) electrons. The Morgan fingerprint density at radius 3 is 2.70 bits per heavy atom. The molecule has 0 aliphatic carbocycles. The number of carbonyl (C=O) groups excluding carboxylic acids is 2. The van der Waals surface area contributed by atoms with Crippen molar-refractivity contribution in [2.45, 2.75) is 12.8 Å². The van der Waals surface area contributed by atoms with Crippen LogP contribution in [0.5, 0.6) is 0 Å². The molecule has 0 fully saturated rings. The van der Waals surface area contributed by atoms with E-state index in [1.807, 2.05) is 0 Å². The zero-order chi connectivity index (χ0) is 7.98. The molecule has 0 aromatic carbocycles. The third-order valence-electron chi connectivity index (χ3n) is 1.10. The first kappa shape index (κ1) is 9.10. The van der Waals surface area contributed by atoms with E-state index in [2.05, 4.69) is 4.84 Å². The molecule has 0 aliphatic rings. The normalized spacial score (nSPS) is 9.00. The van der Waals surface area contributed by atoms with Crippen LogP contribution in [0.1, 0.15) is 12.8 Å². The van der Waals surface area contributed by atoms with Crippen LogP contribution in [0, 0.1) is 0 Å². The van der Waals surface area contributed by atoms with Crippen LogP contribution in [-0.2, 0) is 14.4 Å². The van der Waals surface area contributed by atoms with Crippen molar-refractivity contribution in [2.24, 2.45) is 0 Å². The molecule has 1 amide bonds. The predicted octanol–water partition coefficient (Wildman–Crippen LogP) is -0.0147. The minimum atomic E-state index is -0.186. The lowest BCUT2D eigenvalue weighted by atomic mass is 10.3. The summed E-state index contributed by atoms with van der Waals surface area (Å²) in [7, 11) is 2.91. The summed E-state index contributed by atoms with van der Waals surface area (Å²) in [6.45, 7) is 0. The average molecular weight is 145 g/mol. The van der Waals surface area contributed by atoms with Crippen LogP contribution in [0.15, 0.2) is 0 Å². The van der Waals surface area contributed by atoms with Gasteiger partial charge in [0, 0.05) is 19.9 Å². The second kappa shape index (κ2) is 4.93. The van der Waals surface area contributed by atoms with Crippen LogP contribution < -0.4 is 0 Å². The van der Waals surface area contributed by atoms with Gasteiger partial charge in [-0.1, -0.05) is 0 Å². The van der Waals surface area contributed by atoms with E-state index in [0.29, 0.717) is 6.29 Å². The SMILES string of the molecule is CON(C)C(=O)CCC=O. The number of hydrogen-bond acceptors (Lipinski definition) is 3. The fourth-order valence-corrected chi connectivity index (χ4v) is 0.442. The number of hydroxylamine groups is 2. The van der Waals surface area contributed by atoms with Crippen molar-refractivity contribution >= 4 is 12.2 Å². The van der Waals surface area contributed by atoms with Gasteiger partial charge >= 0.3 is 0 Å². The van der Waals surface area contributed by atoms with Gasteiger partial charge in [-0.05, 0) is 0 Å². The lowest BCUT2D eigenvalue weighted by Gasteiger charge is -2.11. The van der Waals surface area contributed by atoms with Crippen LogP contribution in [0.3, 0.4) is 0 Å². The molecule has 4 heteroatoms. The Bertz CT molecular complexity index is 124. The summed E-state index contributed by atoms with van der Waals surface area (Å²) in [5, 5.41) is 1.10. The van der Waals surface area contributed by atoms with Crippen molar-refractivity contribution in [3.05, 3.63) is 0 Å². The highest BCUT2D eigenvalue weighted by atomic mass is 16.7. The number of hydrogen-bond donors (Lipinski definition) is 0. The largest absolute Gasteiger partial charge is 0.303 e. The Kier molecular flexibility index (Phi) is 4.49. The van der Waals surface area contributed by atoms with Gasteiger partial charge in [0.2, 0.25) is 5.91 Å². The van der Waals surface area contributed by atoms with Crippen molar-refractivity contribution in [1.29, 1.82) is 0 Å². The Labute approximate surface area is 59.7 Å². The summed E-state index contributed by atoms with van der Waals surface area (Å²) in [5.41, 5.74) is 0. The van der Waals surface area contributed by atoms with Crippen molar-refractivity contribution in [3.8, 4) is 0 Å². The van der Waals surface area contributed by atoms with E-state index >= 15 is 0 Å². The van der Waals surface area contributed by atoms with Crippen LogP contribution in [0.2, 0.25) is 0 Å². The molecule has 0 N–H and O–H groups in total. The lowest BCUT2D eigenvalue weighted by molar-refractivity contribution is -0.168. The van der Waals surface area contributed by atoms with Gasteiger partial charge in [0.1, 0.15) is 6.29 Å². The Morgan fingerprint density at radius 1 is 1.70 bits per heavy atom. The Hall–Kier alpha value is -0.900. The van der Waals surface area contributed by atoms with Crippen LogP contribution in [-0.4, -0.2) is 31.4 Å². The molecule has 0 bridgehead atoms. The van der Waals surface area contributed by atoms with Gasteiger partial charge in [-0.3, -0.25) is 9.63 Å². The number of amides is 1. The van der Waals surface area contributed by atoms with Gasteiger partial charge in [-0.2, -0.15) is 0 Å². The highest BCUT2D eigenvalue weighted by molar-refractivity contribution is 5.76. The minimum Gasteiger partial charge on any atom is -0.303 e. The molecular weight excluding hydrogens is 134 g/mol. The van der Waals surface area contributed by atoms with Crippen LogP contribution in [0.4, 0.5) is 0 Å². The zero-order valence-electron chi connectivity index (χ0n) is 6.16. The molecule has 4 nitrogen and oxygen atoms in total. The smallest absolute Gasteiger partial charge is 0.246 e. The maximum Gasteiger partial charge on any atom is 0.246 e. The average Bonchev–Trinajstić information content (AvgIpc) is 1.98. The van der Waals surface area contributed by atoms with E-state index in [9.17, 15) is 9.59 Å². The highest BCUT2D eigenvalue weighted by Gasteiger charge is 2.05. The zero-order valence-corrected chi connectivity index (χ0v) is 6.16. The maximum atomic E-state index is 10.8. The first-order valence-corrected chi connectivity index (χ1v) is 2.96. The van der Waals surface area contributed by atoms with Crippen LogP contribution in [0.25, 0.3) is 0 Å². The van der Waals surface area contributed by atoms with E-state index in [1.165, 1.54) is 14.2 Å². The first-order valence-electron chi connectivity index (χ1n) is 2.96. The van der Waals surface area contributed by atoms with E-state index in [-0.39, 0.29) is 18.7 Å². The standard InChI is InChI=1S/C6H11NO3/c1-7(10-2)6(9)4-3-5-8/h5H,3-4H2,1-2H3. The van der Waals surface area contributed by atoms with Gasteiger partial charge < -0.3 is 4.79 Å². The first-order chi connectivity index (χ1) is 4.72. The molecule has 0 aliphatic heterocycles. The fourth-order valence-electron chi connectivity index (χ4n) is 0.442. The van der Waals surface area contributed by atoms with Gasteiger partial charge in [0.05, 0.1) is 7.11 Å². The van der Waals surface area contributed by atoms with Crippen molar-refractivity contribution in [1.82, 2.24) is 5.06 Å². The minimum absolute atomic E-state index is 0.186. The summed E-state index contributed by atoms with van der Waals surface area (Å²) in [6, 6.07) is 0. The highest BCUT2D eigenvalue weighted by Crippen LogP contribution is 1.92. The van der Waals surface area contributed by atoms with Gasteiger partial charge in [0.15, 0.2) is 0 Å². The molecule has 10 heavy (non-hydrogen) atoms. The maximum absolute atomic E-state index is 10.8. The number of nitrogens with zero attached hydrogens (tertiary/aromatic N) is 1. The van der Waals surface area contributed by atoms with E-state index < -0.39 is 0 Å². The monoisotopic (exact) mass is 145 g/mol. The molecule has 0 rings (SSSR count). The Morgan fingerprint density at radius 2 is 2.30 bits per heavy atom. The lowest BCUT2D eigenvalue weighted by Crippen LogP contribution is -2.24. The number of aldehydes is 1. The summed E-state index contributed by atoms with van der Waals surface area (Å²) in [6.07, 6.45) is 1.18. The molecule has 0 unspecified atom stereocenters.